The lowest BCUT2D eigenvalue weighted by Gasteiger charge is -2.06. The maximum Gasteiger partial charge on any atom is 0.200 e. The molecule has 12 heavy (non-hydrogen) atoms. The number of nitriles is 1. The molecule has 1 rings (SSSR count). The number of hydrogen-bond donors (Lipinski definition) is 0. The molecule has 0 amide bonds. The predicted octanol–water partition coefficient (Wildman–Crippen LogP) is 2.14. The molecule has 0 radical (unpaired) electrons. The summed E-state index contributed by atoms with van der Waals surface area (Å²) in [5.41, 5.74) is 0.596. The molecule has 0 atom stereocenters. The van der Waals surface area contributed by atoms with Crippen LogP contribution in [0.3, 0.4) is 0 Å². The van der Waals surface area contributed by atoms with E-state index in [1.54, 1.807) is 37.6 Å². The van der Waals surface area contributed by atoms with Crippen LogP contribution in [0.15, 0.2) is 24.3 Å². The molecule has 0 unspecified atom stereocenters. The molecule has 0 saturated heterocycles. The first-order valence-electron chi connectivity index (χ1n) is 3.27. The normalized spacial score (nSPS) is 8.75. The highest BCUT2D eigenvalue weighted by Crippen LogP contribution is 2.21. The van der Waals surface area contributed by atoms with Crippen LogP contribution in [0.2, 0.25) is 0 Å². The lowest BCUT2D eigenvalue weighted by Crippen LogP contribution is -1.99. The third kappa shape index (κ3) is 1.80. The maximum absolute atomic E-state index is 8.45. The van der Waals surface area contributed by atoms with Crippen LogP contribution in [-0.2, 0) is 0 Å². The highest BCUT2D eigenvalue weighted by molar-refractivity contribution is 6.27. The predicted molar refractivity (Wildman–Crippen MR) is 46.9 cm³/mol. The molecular weight excluding hydrogens is 176 g/mol. The molecule has 1 aromatic rings. The molecule has 0 aromatic heterocycles. The van der Waals surface area contributed by atoms with Gasteiger partial charge in [0.2, 0.25) is 0 Å². The van der Waals surface area contributed by atoms with Crippen molar-refractivity contribution in [2.75, 3.05) is 11.5 Å². The quantitative estimate of drug-likeness (QED) is 0.400. The van der Waals surface area contributed by atoms with E-state index in [1.165, 1.54) is 0 Å². The SMILES string of the molecule is COc1cccc(N(Cl)C#N)c1. The monoisotopic (exact) mass is 182 g/mol. The summed E-state index contributed by atoms with van der Waals surface area (Å²) >= 11 is 5.54. The fraction of sp³-hybridized carbons (Fsp3) is 0.125. The van der Waals surface area contributed by atoms with Crippen LogP contribution in [-0.4, -0.2) is 7.11 Å². The standard InChI is InChI=1S/C8H7ClN2O/c1-12-8-4-2-3-7(5-8)11(9)6-10/h2-5H,1H3. The van der Waals surface area contributed by atoms with Crippen molar-refractivity contribution in [2.45, 2.75) is 0 Å². The number of nitrogens with zero attached hydrogens (tertiary/aromatic N) is 2. The van der Waals surface area contributed by atoms with Gasteiger partial charge in [0.25, 0.3) is 0 Å². The van der Waals surface area contributed by atoms with Crippen LogP contribution in [0.5, 0.6) is 5.75 Å². The third-order valence-electron chi connectivity index (χ3n) is 1.37. The summed E-state index contributed by atoms with van der Waals surface area (Å²) in [6.45, 7) is 0. The van der Waals surface area contributed by atoms with E-state index in [2.05, 4.69) is 0 Å². The summed E-state index contributed by atoms with van der Waals surface area (Å²) in [5, 5.41) is 8.45. The second-order valence-corrected chi connectivity index (χ2v) is 2.42. The maximum atomic E-state index is 8.45. The van der Waals surface area contributed by atoms with Crippen molar-refractivity contribution in [1.82, 2.24) is 0 Å². The summed E-state index contributed by atoms with van der Waals surface area (Å²) in [6, 6.07) is 6.95. The van der Waals surface area contributed by atoms with Crippen molar-refractivity contribution < 1.29 is 4.74 Å². The number of anilines is 1. The van der Waals surface area contributed by atoms with Crippen molar-refractivity contribution in [3.63, 3.8) is 0 Å². The first-order chi connectivity index (χ1) is 5.77. The summed E-state index contributed by atoms with van der Waals surface area (Å²) in [4.78, 5) is 0. The minimum absolute atomic E-state index is 0.596. The number of methoxy groups -OCH3 is 1. The van der Waals surface area contributed by atoms with Gasteiger partial charge in [-0.15, -0.1) is 0 Å². The highest BCUT2D eigenvalue weighted by atomic mass is 35.5. The van der Waals surface area contributed by atoms with E-state index < -0.39 is 0 Å². The van der Waals surface area contributed by atoms with Gasteiger partial charge in [-0.3, -0.25) is 0 Å². The minimum Gasteiger partial charge on any atom is -0.497 e. The van der Waals surface area contributed by atoms with Gasteiger partial charge >= 0.3 is 0 Å². The Kier molecular flexibility index (Phi) is 2.78. The molecule has 3 nitrogen and oxygen atoms in total. The zero-order valence-corrected chi connectivity index (χ0v) is 7.25. The van der Waals surface area contributed by atoms with Gasteiger partial charge in [0.05, 0.1) is 12.8 Å². The Labute approximate surface area is 75.8 Å². The molecular formula is C8H7ClN2O. The smallest absolute Gasteiger partial charge is 0.200 e. The van der Waals surface area contributed by atoms with E-state index in [9.17, 15) is 0 Å². The topological polar surface area (TPSA) is 36.3 Å². The van der Waals surface area contributed by atoms with Crippen molar-refractivity contribution in [3.8, 4) is 11.9 Å². The summed E-state index contributed by atoms with van der Waals surface area (Å²) < 4.78 is 5.90. The molecule has 62 valence electrons. The van der Waals surface area contributed by atoms with Crippen molar-refractivity contribution in [2.24, 2.45) is 0 Å². The summed E-state index contributed by atoms with van der Waals surface area (Å²) in [6.07, 6.45) is 1.78. The lowest BCUT2D eigenvalue weighted by atomic mass is 10.3. The lowest BCUT2D eigenvalue weighted by molar-refractivity contribution is 0.415. The van der Waals surface area contributed by atoms with Gasteiger partial charge in [-0.1, -0.05) is 6.07 Å². The number of ether oxygens (including phenoxy) is 1. The molecule has 0 aliphatic heterocycles. The van der Waals surface area contributed by atoms with Gasteiger partial charge in [0, 0.05) is 17.8 Å². The second kappa shape index (κ2) is 3.84. The number of benzene rings is 1. The Morgan fingerprint density at radius 2 is 2.33 bits per heavy atom. The third-order valence-corrected chi connectivity index (χ3v) is 1.64. The van der Waals surface area contributed by atoms with E-state index in [1.807, 2.05) is 0 Å². The van der Waals surface area contributed by atoms with Gasteiger partial charge in [-0.25, -0.2) is 0 Å². The molecule has 1 aromatic carbocycles. The molecule has 0 spiro atoms. The molecule has 0 aliphatic rings. The van der Waals surface area contributed by atoms with E-state index in [4.69, 9.17) is 21.8 Å². The first-order valence-corrected chi connectivity index (χ1v) is 3.61. The molecule has 0 aliphatic carbocycles. The van der Waals surface area contributed by atoms with E-state index in [-0.39, 0.29) is 0 Å². The number of rotatable bonds is 2. The van der Waals surface area contributed by atoms with Gasteiger partial charge in [-0.2, -0.15) is 9.68 Å². The van der Waals surface area contributed by atoms with Crippen LogP contribution in [0, 0.1) is 11.5 Å². The summed E-state index contributed by atoms with van der Waals surface area (Å²) in [7, 11) is 1.56. The van der Waals surface area contributed by atoms with Crippen molar-refractivity contribution in [3.05, 3.63) is 24.3 Å². The van der Waals surface area contributed by atoms with Gasteiger partial charge in [-0.05, 0) is 12.1 Å². The van der Waals surface area contributed by atoms with Crippen LogP contribution < -0.4 is 9.16 Å². The average Bonchev–Trinajstić information content (AvgIpc) is 2.17. The Hall–Kier alpha value is -1.40. The van der Waals surface area contributed by atoms with Crippen LogP contribution >= 0.6 is 11.8 Å². The fourth-order valence-electron chi connectivity index (χ4n) is 0.790. The fourth-order valence-corrected chi connectivity index (χ4v) is 0.895. The Morgan fingerprint density at radius 3 is 2.92 bits per heavy atom. The number of halogens is 1. The van der Waals surface area contributed by atoms with Gasteiger partial charge < -0.3 is 4.74 Å². The zero-order valence-electron chi connectivity index (χ0n) is 6.49. The van der Waals surface area contributed by atoms with Crippen molar-refractivity contribution >= 4 is 17.5 Å². The number of hydrogen-bond acceptors (Lipinski definition) is 3. The average molecular weight is 183 g/mol. The Balaban J connectivity index is 2.95. The summed E-state index contributed by atoms with van der Waals surface area (Å²) in [5.74, 6) is 0.674. The zero-order chi connectivity index (χ0) is 8.97. The molecule has 0 N–H and O–H groups in total. The Bertz CT molecular complexity index is 308. The van der Waals surface area contributed by atoms with Crippen molar-refractivity contribution in [1.29, 1.82) is 5.26 Å². The second-order valence-electron chi connectivity index (χ2n) is 2.08. The molecule has 0 bridgehead atoms. The molecule has 0 heterocycles. The van der Waals surface area contributed by atoms with E-state index in [0.29, 0.717) is 11.4 Å². The van der Waals surface area contributed by atoms with Crippen LogP contribution in [0.1, 0.15) is 0 Å². The first kappa shape index (κ1) is 8.69. The van der Waals surface area contributed by atoms with Gasteiger partial charge in [0.1, 0.15) is 5.75 Å². The van der Waals surface area contributed by atoms with E-state index >= 15 is 0 Å². The minimum atomic E-state index is 0.596. The van der Waals surface area contributed by atoms with Gasteiger partial charge in [0.15, 0.2) is 6.19 Å². The largest absolute Gasteiger partial charge is 0.497 e. The highest BCUT2D eigenvalue weighted by Gasteiger charge is 2.01. The van der Waals surface area contributed by atoms with Crippen LogP contribution in [0.4, 0.5) is 5.69 Å². The van der Waals surface area contributed by atoms with E-state index in [0.717, 1.165) is 4.42 Å². The van der Waals surface area contributed by atoms with Crippen LogP contribution in [0.25, 0.3) is 0 Å². The molecule has 0 fully saturated rings. The Morgan fingerprint density at radius 1 is 1.58 bits per heavy atom. The molecule has 0 saturated carbocycles. The molecule has 4 heteroatoms.